The minimum absolute atomic E-state index is 0.337. The van der Waals surface area contributed by atoms with Crippen molar-refractivity contribution in [1.82, 2.24) is 14.9 Å². The summed E-state index contributed by atoms with van der Waals surface area (Å²) in [6.07, 6.45) is -1.03. The van der Waals surface area contributed by atoms with Crippen molar-refractivity contribution in [2.24, 2.45) is 5.92 Å². The van der Waals surface area contributed by atoms with Crippen LogP contribution in [0.2, 0.25) is 0 Å². The van der Waals surface area contributed by atoms with E-state index in [2.05, 4.69) is 15.3 Å². The molecular weight excluding hydrogens is 285 g/mol. The summed E-state index contributed by atoms with van der Waals surface area (Å²) < 4.78 is 41.9. The number of likely N-dealkylation sites (tertiary alicyclic amines) is 1. The smallest absolute Gasteiger partial charge is 0.401 e. The third-order valence-electron chi connectivity index (χ3n) is 3.50. The number of anilines is 1. The van der Waals surface area contributed by atoms with Gasteiger partial charge in [-0.2, -0.15) is 18.2 Å². The molecule has 0 aromatic carbocycles. The zero-order valence-corrected chi connectivity index (χ0v) is 11.9. The van der Waals surface area contributed by atoms with Crippen LogP contribution >= 0.6 is 0 Å². The summed E-state index contributed by atoms with van der Waals surface area (Å²) in [7, 11) is 1.53. The Morgan fingerprint density at radius 2 is 2.10 bits per heavy atom. The maximum absolute atomic E-state index is 12.3. The predicted octanol–water partition coefficient (Wildman–Crippen LogP) is 2.17. The number of methoxy groups -OCH3 is 1. The Morgan fingerprint density at radius 1 is 1.38 bits per heavy atom. The van der Waals surface area contributed by atoms with Gasteiger partial charge in [-0.1, -0.05) is 0 Å². The van der Waals surface area contributed by atoms with Crippen LogP contribution in [0.15, 0.2) is 12.3 Å². The lowest BCUT2D eigenvalue weighted by molar-refractivity contribution is -0.148. The first-order valence-corrected chi connectivity index (χ1v) is 6.86. The number of hydrogen-bond acceptors (Lipinski definition) is 5. The fourth-order valence-electron chi connectivity index (χ4n) is 2.38. The highest BCUT2D eigenvalue weighted by atomic mass is 19.4. The number of piperidine rings is 1. The van der Waals surface area contributed by atoms with E-state index in [0.717, 1.165) is 12.8 Å². The summed E-state index contributed by atoms with van der Waals surface area (Å²) in [5, 5.41) is 3.11. The van der Waals surface area contributed by atoms with Gasteiger partial charge in [0.05, 0.1) is 13.7 Å². The summed E-state index contributed by atoms with van der Waals surface area (Å²) in [4.78, 5) is 9.67. The first-order valence-electron chi connectivity index (χ1n) is 6.86. The van der Waals surface area contributed by atoms with Crippen molar-refractivity contribution in [1.29, 1.82) is 0 Å². The summed E-state index contributed by atoms with van der Waals surface area (Å²) in [5.74, 6) is 1.30. The van der Waals surface area contributed by atoms with Crippen molar-refractivity contribution >= 4 is 5.95 Å². The second-order valence-corrected chi connectivity index (χ2v) is 5.14. The molecule has 0 atom stereocenters. The molecule has 21 heavy (non-hydrogen) atoms. The van der Waals surface area contributed by atoms with E-state index in [4.69, 9.17) is 4.74 Å². The Hall–Kier alpha value is -1.57. The van der Waals surface area contributed by atoms with Gasteiger partial charge in [-0.25, -0.2) is 4.98 Å². The van der Waals surface area contributed by atoms with Gasteiger partial charge in [0.2, 0.25) is 11.8 Å². The van der Waals surface area contributed by atoms with E-state index in [1.807, 2.05) is 0 Å². The normalized spacial score (nSPS) is 17.7. The molecule has 8 heteroatoms. The molecule has 118 valence electrons. The summed E-state index contributed by atoms with van der Waals surface area (Å²) in [5.41, 5.74) is 0. The number of nitrogens with zero attached hydrogens (tertiary/aromatic N) is 3. The number of alkyl halides is 3. The van der Waals surface area contributed by atoms with Gasteiger partial charge in [0.15, 0.2) is 0 Å². The number of rotatable bonds is 5. The lowest BCUT2D eigenvalue weighted by atomic mass is 9.97. The van der Waals surface area contributed by atoms with Crippen LogP contribution in [0.3, 0.4) is 0 Å². The fraction of sp³-hybridized carbons (Fsp3) is 0.692. The van der Waals surface area contributed by atoms with Gasteiger partial charge in [-0.15, -0.1) is 0 Å². The number of halogens is 3. The van der Waals surface area contributed by atoms with E-state index in [1.165, 1.54) is 12.0 Å². The van der Waals surface area contributed by atoms with E-state index in [9.17, 15) is 13.2 Å². The lowest BCUT2D eigenvalue weighted by Crippen LogP contribution is -2.41. The Kier molecular flexibility index (Phi) is 5.22. The molecule has 0 amide bonds. The molecule has 1 saturated heterocycles. The van der Waals surface area contributed by atoms with E-state index < -0.39 is 12.7 Å². The molecular formula is C13H19F3N4O. The Labute approximate surface area is 121 Å². The third kappa shape index (κ3) is 5.37. The van der Waals surface area contributed by atoms with Gasteiger partial charge in [-0.3, -0.25) is 4.90 Å². The minimum Gasteiger partial charge on any atom is -0.481 e. The highest BCUT2D eigenvalue weighted by Crippen LogP contribution is 2.22. The summed E-state index contributed by atoms with van der Waals surface area (Å²) in [6.45, 7) is 0.800. The molecule has 2 rings (SSSR count). The second-order valence-electron chi connectivity index (χ2n) is 5.14. The Morgan fingerprint density at radius 3 is 2.71 bits per heavy atom. The third-order valence-corrected chi connectivity index (χ3v) is 3.50. The van der Waals surface area contributed by atoms with Gasteiger partial charge in [0, 0.05) is 18.8 Å². The molecule has 2 heterocycles. The van der Waals surface area contributed by atoms with Crippen molar-refractivity contribution in [3.63, 3.8) is 0 Å². The van der Waals surface area contributed by atoms with Crippen LogP contribution in [0.4, 0.5) is 19.1 Å². The first-order chi connectivity index (χ1) is 9.96. The van der Waals surface area contributed by atoms with Crippen molar-refractivity contribution in [2.45, 2.75) is 19.0 Å². The maximum atomic E-state index is 12.3. The van der Waals surface area contributed by atoms with Gasteiger partial charge in [-0.05, 0) is 31.8 Å². The zero-order valence-electron chi connectivity index (χ0n) is 11.9. The molecule has 0 spiro atoms. The molecule has 0 unspecified atom stereocenters. The van der Waals surface area contributed by atoms with Crippen molar-refractivity contribution < 1.29 is 17.9 Å². The van der Waals surface area contributed by atoms with Gasteiger partial charge < -0.3 is 10.1 Å². The van der Waals surface area contributed by atoms with Crippen molar-refractivity contribution in [3.8, 4) is 5.88 Å². The lowest BCUT2D eigenvalue weighted by Gasteiger charge is -2.32. The van der Waals surface area contributed by atoms with Crippen LogP contribution < -0.4 is 10.1 Å². The highest BCUT2D eigenvalue weighted by molar-refractivity contribution is 5.27. The molecule has 0 bridgehead atoms. The summed E-state index contributed by atoms with van der Waals surface area (Å²) >= 11 is 0. The van der Waals surface area contributed by atoms with Crippen LogP contribution in [-0.4, -0.2) is 54.3 Å². The van der Waals surface area contributed by atoms with Crippen LogP contribution in [0, 0.1) is 5.92 Å². The predicted molar refractivity (Wildman–Crippen MR) is 72.3 cm³/mol. The topological polar surface area (TPSA) is 50.3 Å². The quantitative estimate of drug-likeness (QED) is 0.903. The molecule has 1 fully saturated rings. The average molecular weight is 304 g/mol. The number of hydrogen-bond donors (Lipinski definition) is 1. The largest absolute Gasteiger partial charge is 0.481 e. The first kappa shape index (κ1) is 15.8. The van der Waals surface area contributed by atoms with Crippen LogP contribution in [0.5, 0.6) is 5.88 Å². The van der Waals surface area contributed by atoms with E-state index in [0.29, 0.717) is 37.4 Å². The maximum Gasteiger partial charge on any atom is 0.401 e. The van der Waals surface area contributed by atoms with Crippen LogP contribution in [0.25, 0.3) is 0 Å². The van der Waals surface area contributed by atoms with E-state index >= 15 is 0 Å². The molecule has 1 aliphatic heterocycles. The van der Waals surface area contributed by atoms with E-state index in [1.54, 1.807) is 12.3 Å². The number of nitrogens with one attached hydrogen (secondary N) is 1. The van der Waals surface area contributed by atoms with Crippen molar-refractivity contribution in [3.05, 3.63) is 12.3 Å². The standard InChI is InChI=1S/C13H19F3N4O/c1-21-11-2-5-17-12(19-11)18-8-10-3-6-20(7-4-10)9-13(14,15)16/h2,5,10H,3-4,6-9H2,1H3,(H,17,18,19). The van der Waals surface area contributed by atoms with Crippen molar-refractivity contribution in [2.75, 3.05) is 38.6 Å². The van der Waals surface area contributed by atoms with Gasteiger partial charge in [0.25, 0.3) is 0 Å². The van der Waals surface area contributed by atoms with Crippen LogP contribution in [0.1, 0.15) is 12.8 Å². The fourth-order valence-corrected chi connectivity index (χ4v) is 2.38. The molecule has 1 aliphatic rings. The van der Waals surface area contributed by atoms with Gasteiger partial charge in [0.1, 0.15) is 0 Å². The average Bonchev–Trinajstić information content (AvgIpc) is 2.45. The molecule has 1 N–H and O–H groups in total. The summed E-state index contributed by atoms with van der Waals surface area (Å²) in [6, 6.07) is 1.65. The Bertz CT molecular complexity index is 447. The zero-order chi connectivity index (χ0) is 15.3. The second kappa shape index (κ2) is 6.93. The number of aromatic nitrogens is 2. The SMILES string of the molecule is COc1ccnc(NCC2CCN(CC(F)(F)F)CC2)n1. The highest BCUT2D eigenvalue weighted by Gasteiger charge is 2.32. The molecule has 0 radical (unpaired) electrons. The molecule has 5 nitrogen and oxygen atoms in total. The van der Waals surface area contributed by atoms with Gasteiger partial charge >= 0.3 is 6.18 Å². The minimum atomic E-state index is -4.11. The molecule has 0 saturated carbocycles. The monoisotopic (exact) mass is 304 g/mol. The van der Waals surface area contributed by atoms with Crippen LogP contribution in [-0.2, 0) is 0 Å². The van der Waals surface area contributed by atoms with E-state index in [-0.39, 0.29) is 0 Å². The molecule has 1 aromatic rings. The molecule has 1 aromatic heterocycles. The number of ether oxygens (including phenoxy) is 1. The Balaban J connectivity index is 1.73. The molecule has 0 aliphatic carbocycles.